The highest BCUT2D eigenvalue weighted by Gasteiger charge is 2.15. The molecule has 0 aromatic heterocycles. The van der Waals surface area contributed by atoms with E-state index in [4.69, 9.17) is 11.6 Å². The van der Waals surface area contributed by atoms with E-state index in [9.17, 15) is 18.3 Å². The first-order chi connectivity index (χ1) is 8.00. The van der Waals surface area contributed by atoms with Gasteiger partial charge in [-0.15, -0.1) is 0 Å². The van der Waals surface area contributed by atoms with Gasteiger partial charge in [-0.3, -0.25) is 0 Å². The molecule has 17 heavy (non-hydrogen) atoms. The molecular formula is C12H6ClF3O. The summed E-state index contributed by atoms with van der Waals surface area (Å²) in [6, 6.07) is 5.81. The minimum absolute atomic E-state index is 0.00614. The van der Waals surface area contributed by atoms with Gasteiger partial charge >= 0.3 is 0 Å². The van der Waals surface area contributed by atoms with Crippen molar-refractivity contribution in [1.82, 2.24) is 0 Å². The second-order valence-corrected chi connectivity index (χ2v) is 3.80. The van der Waals surface area contributed by atoms with Crippen LogP contribution in [0.2, 0.25) is 5.02 Å². The molecule has 1 nitrogen and oxygen atoms in total. The number of phenolic OH excluding ortho intramolecular Hbond substituents is 1. The molecule has 0 fully saturated rings. The van der Waals surface area contributed by atoms with Crippen molar-refractivity contribution in [2.45, 2.75) is 0 Å². The Hall–Kier alpha value is -1.68. The zero-order chi connectivity index (χ0) is 12.6. The zero-order valence-electron chi connectivity index (χ0n) is 8.35. The number of hydrogen-bond acceptors (Lipinski definition) is 1. The van der Waals surface area contributed by atoms with Gasteiger partial charge in [0.1, 0.15) is 5.75 Å². The van der Waals surface area contributed by atoms with E-state index < -0.39 is 17.5 Å². The molecule has 1 N–H and O–H groups in total. The Labute approximate surface area is 100 Å². The van der Waals surface area contributed by atoms with Gasteiger partial charge in [-0.2, -0.15) is 0 Å². The van der Waals surface area contributed by atoms with Crippen molar-refractivity contribution in [3.63, 3.8) is 0 Å². The van der Waals surface area contributed by atoms with E-state index in [0.29, 0.717) is 0 Å². The first kappa shape index (κ1) is 11.8. The standard InChI is InChI=1S/C12H6ClF3O/c13-8-5-6(1-4-10(8)17)7-2-3-9(14)12(16)11(7)15/h1-5,17H. The van der Waals surface area contributed by atoms with Crippen LogP contribution >= 0.6 is 11.6 Å². The molecule has 0 bridgehead atoms. The normalized spacial score (nSPS) is 10.6. The van der Waals surface area contributed by atoms with Gasteiger partial charge in [0, 0.05) is 5.56 Å². The van der Waals surface area contributed by atoms with Gasteiger partial charge in [0.2, 0.25) is 0 Å². The third-order valence-electron chi connectivity index (χ3n) is 2.29. The minimum atomic E-state index is -1.54. The highest BCUT2D eigenvalue weighted by Crippen LogP contribution is 2.31. The smallest absolute Gasteiger partial charge is 0.195 e. The quantitative estimate of drug-likeness (QED) is 0.763. The third kappa shape index (κ3) is 2.08. The van der Waals surface area contributed by atoms with Gasteiger partial charge in [-0.05, 0) is 29.8 Å². The molecule has 2 rings (SSSR count). The summed E-state index contributed by atoms with van der Waals surface area (Å²) in [7, 11) is 0. The maximum Gasteiger partial charge on any atom is 0.195 e. The molecular weight excluding hydrogens is 253 g/mol. The molecule has 0 spiro atoms. The average molecular weight is 259 g/mol. The van der Waals surface area contributed by atoms with Crippen LogP contribution in [0.5, 0.6) is 5.75 Å². The summed E-state index contributed by atoms with van der Waals surface area (Å²) in [5, 5.41) is 9.20. The molecule has 0 aliphatic rings. The van der Waals surface area contributed by atoms with Gasteiger partial charge in [-0.25, -0.2) is 13.2 Å². The summed E-state index contributed by atoms with van der Waals surface area (Å²) >= 11 is 5.65. The van der Waals surface area contributed by atoms with Gasteiger partial charge in [0.05, 0.1) is 5.02 Å². The SMILES string of the molecule is Oc1ccc(-c2ccc(F)c(F)c2F)cc1Cl. The molecule has 0 unspecified atom stereocenters. The minimum Gasteiger partial charge on any atom is -0.506 e. The zero-order valence-corrected chi connectivity index (χ0v) is 9.10. The fourth-order valence-corrected chi connectivity index (χ4v) is 1.60. The van der Waals surface area contributed by atoms with Crippen LogP contribution in [0.1, 0.15) is 0 Å². The van der Waals surface area contributed by atoms with Gasteiger partial charge < -0.3 is 5.11 Å². The van der Waals surface area contributed by atoms with Crippen LogP contribution in [0.15, 0.2) is 30.3 Å². The van der Waals surface area contributed by atoms with E-state index in [1.54, 1.807) is 0 Å². The van der Waals surface area contributed by atoms with Gasteiger partial charge in [-0.1, -0.05) is 17.7 Å². The molecule has 2 aromatic rings. The van der Waals surface area contributed by atoms with Crippen molar-refractivity contribution >= 4 is 11.6 Å². The van der Waals surface area contributed by atoms with Crippen LogP contribution < -0.4 is 0 Å². The molecule has 88 valence electrons. The van der Waals surface area contributed by atoms with E-state index >= 15 is 0 Å². The molecule has 2 aromatic carbocycles. The molecule has 0 aliphatic carbocycles. The molecule has 0 heterocycles. The van der Waals surface area contributed by atoms with Gasteiger partial charge in [0.15, 0.2) is 17.5 Å². The van der Waals surface area contributed by atoms with Crippen LogP contribution in [-0.4, -0.2) is 5.11 Å². The number of phenols is 1. The first-order valence-corrected chi connectivity index (χ1v) is 5.01. The topological polar surface area (TPSA) is 20.2 Å². The van der Waals surface area contributed by atoms with E-state index in [0.717, 1.165) is 12.1 Å². The summed E-state index contributed by atoms with van der Waals surface area (Å²) in [6.07, 6.45) is 0. The van der Waals surface area contributed by atoms with Crippen LogP contribution in [0.3, 0.4) is 0 Å². The highest BCUT2D eigenvalue weighted by molar-refractivity contribution is 6.32. The maximum absolute atomic E-state index is 13.5. The Kier molecular flexibility index (Phi) is 2.98. The summed E-state index contributed by atoms with van der Waals surface area (Å²) in [5.74, 6) is -4.24. The van der Waals surface area contributed by atoms with Gasteiger partial charge in [0.25, 0.3) is 0 Å². The lowest BCUT2D eigenvalue weighted by atomic mass is 10.0. The molecule has 0 atom stereocenters. The van der Waals surface area contributed by atoms with Crippen LogP contribution in [-0.2, 0) is 0 Å². The van der Waals surface area contributed by atoms with E-state index in [1.165, 1.54) is 18.2 Å². The fourth-order valence-electron chi connectivity index (χ4n) is 1.42. The van der Waals surface area contributed by atoms with Crippen molar-refractivity contribution in [1.29, 1.82) is 0 Å². The van der Waals surface area contributed by atoms with Crippen molar-refractivity contribution in [2.75, 3.05) is 0 Å². The average Bonchev–Trinajstić information content (AvgIpc) is 2.30. The fraction of sp³-hybridized carbons (Fsp3) is 0. The largest absolute Gasteiger partial charge is 0.506 e. The van der Waals surface area contributed by atoms with Crippen molar-refractivity contribution in [3.05, 3.63) is 52.8 Å². The molecule has 0 saturated carbocycles. The summed E-state index contributed by atoms with van der Waals surface area (Å²) in [4.78, 5) is 0. The Bertz CT molecular complexity index is 584. The Morgan fingerprint density at radius 1 is 0.941 bits per heavy atom. The number of aromatic hydroxyl groups is 1. The van der Waals surface area contributed by atoms with Crippen molar-refractivity contribution in [2.24, 2.45) is 0 Å². The summed E-state index contributed by atoms with van der Waals surface area (Å²) in [6.45, 7) is 0. The maximum atomic E-state index is 13.5. The number of rotatable bonds is 1. The van der Waals surface area contributed by atoms with Crippen LogP contribution in [0, 0.1) is 17.5 Å². The van der Waals surface area contributed by atoms with E-state index in [2.05, 4.69) is 0 Å². The number of halogens is 4. The second kappa shape index (κ2) is 4.30. The number of benzene rings is 2. The van der Waals surface area contributed by atoms with Crippen LogP contribution in [0.25, 0.3) is 11.1 Å². The lowest BCUT2D eigenvalue weighted by molar-refractivity contribution is 0.449. The third-order valence-corrected chi connectivity index (χ3v) is 2.60. The van der Waals surface area contributed by atoms with Crippen LogP contribution in [0.4, 0.5) is 13.2 Å². The first-order valence-electron chi connectivity index (χ1n) is 4.63. The van der Waals surface area contributed by atoms with Crippen molar-refractivity contribution in [3.8, 4) is 16.9 Å². The molecule has 0 aliphatic heterocycles. The number of hydrogen-bond donors (Lipinski definition) is 1. The molecule has 0 saturated heterocycles. The molecule has 0 amide bonds. The lowest BCUT2D eigenvalue weighted by Crippen LogP contribution is -1.93. The summed E-state index contributed by atoms with van der Waals surface area (Å²) < 4.78 is 39.2. The lowest BCUT2D eigenvalue weighted by Gasteiger charge is -2.06. The molecule has 0 radical (unpaired) electrons. The van der Waals surface area contributed by atoms with E-state index in [-0.39, 0.29) is 21.9 Å². The predicted octanol–water partition coefficient (Wildman–Crippen LogP) is 4.13. The predicted molar refractivity (Wildman–Crippen MR) is 58.4 cm³/mol. The van der Waals surface area contributed by atoms with Crippen molar-refractivity contribution < 1.29 is 18.3 Å². The summed E-state index contributed by atoms with van der Waals surface area (Å²) in [5.41, 5.74) is 0.134. The second-order valence-electron chi connectivity index (χ2n) is 3.39. The molecule has 5 heteroatoms. The Morgan fingerprint density at radius 2 is 1.65 bits per heavy atom. The highest BCUT2D eigenvalue weighted by atomic mass is 35.5. The Morgan fingerprint density at radius 3 is 2.29 bits per heavy atom. The Balaban J connectivity index is 2.61. The van der Waals surface area contributed by atoms with E-state index in [1.807, 2.05) is 0 Å². The monoisotopic (exact) mass is 258 g/mol.